The molecule has 1 atom stereocenters. The van der Waals surface area contributed by atoms with Crippen LogP contribution in [-0.4, -0.2) is 29.2 Å². The van der Waals surface area contributed by atoms with E-state index in [0.29, 0.717) is 22.9 Å². The van der Waals surface area contributed by atoms with Crippen molar-refractivity contribution >= 4 is 29.3 Å². The first-order valence-electron chi connectivity index (χ1n) is 10.4. The van der Waals surface area contributed by atoms with Crippen molar-refractivity contribution in [2.45, 2.75) is 31.8 Å². The third-order valence-electron chi connectivity index (χ3n) is 5.83. The Balaban J connectivity index is 1.66. The van der Waals surface area contributed by atoms with Gasteiger partial charge in [-0.25, -0.2) is 4.98 Å². The van der Waals surface area contributed by atoms with E-state index >= 15 is 0 Å². The van der Waals surface area contributed by atoms with Crippen molar-refractivity contribution in [3.63, 3.8) is 0 Å². The highest BCUT2D eigenvalue weighted by Crippen LogP contribution is 2.40. The van der Waals surface area contributed by atoms with Crippen LogP contribution in [0.4, 0.5) is 5.69 Å². The quantitative estimate of drug-likeness (QED) is 0.587. The molecule has 6 nitrogen and oxygen atoms in total. The molecule has 0 fully saturated rings. The second-order valence-electron chi connectivity index (χ2n) is 7.75. The third kappa shape index (κ3) is 4.08. The number of pyridine rings is 1. The zero-order valence-corrected chi connectivity index (χ0v) is 19.1. The van der Waals surface area contributed by atoms with Crippen LogP contribution in [0.3, 0.4) is 0 Å². The van der Waals surface area contributed by atoms with Gasteiger partial charge < -0.3 is 10.5 Å². The van der Waals surface area contributed by atoms with Crippen molar-refractivity contribution in [1.29, 1.82) is 0 Å². The zero-order chi connectivity index (χ0) is 22.8. The number of aromatic nitrogens is 1. The van der Waals surface area contributed by atoms with E-state index < -0.39 is 5.91 Å². The Morgan fingerprint density at radius 1 is 1.06 bits per heavy atom. The highest BCUT2D eigenvalue weighted by Gasteiger charge is 2.33. The van der Waals surface area contributed by atoms with Crippen LogP contribution in [0, 0.1) is 20.8 Å². The molecule has 1 aromatic heterocycles. The van der Waals surface area contributed by atoms with Crippen LogP contribution < -0.4 is 15.4 Å². The van der Waals surface area contributed by atoms with Crippen LogP contribution in [0.15, 0.2) is 59.6 Å². The van der Waals surface area contributed by atoms with E-state index in [4.69, 9.17) is 10.5 Å². The van der Waals surface area contributed by atoms with Crippen LogP contribution in [0.2, 0.25) is 0 Å². The summed E-state index contributed by atoms with van der Waals surface area (Å²) in [7, 11) is 0. The standard InChI is InChI=1S/C25H25N3O3S/c1-15-16(2)23(24(26)30)25(27-17(15)3)32-14-22(29)28-19-11-7-8-12-21(19)31-13-20(28)18-9-5-4-6-10-18/h4-12,20H,13-14H2,1-3H3,(H2,26,30). The number of nitrogens with two attached hydrogens (primary N) is 1. The molecule has 0 bridgehead atoms. The first-order chi connectivity index (χ1) is 15.4. The van der Waals surface area contributed by atoms with Crippen LogP contribution in [0.1, 0.15) is 38.8 Å². The number of rotatable bonds is 5. The van der Waals surface area contributed by atoms with Crippen molar-refractivity contribution in [3.05, 3.63) is 82.5 Å². The van der Waals surface area contributed by atoms with E-state index in [1.54, 1.807) is 4.90 Å². The van der Waals surface area contributed by atoms with Crippen LogP contribution in [-0.2, 0) is 4.79 Å². The topological polar surface area (TPSA) is 85.5 Å². The Hall–Kier alpha value is -3.32. The summed E-state index contributed by atoms with van der Waals surface area (Å²) in [6.07, 6.45) is 0. The van der Waals surface area contributed by atoms with Gasteiger partial charge in [-0.15, -0.1) is 0 Å². The number of benzene rings is 2. The second-order valence-corrected chi connectivity index (χ2v) is 8.71. The van der Waals surface area contributed by atoms with Gasteiger partial charge in [0.25, 0.3) is 5.91 Å². The van der Waals surface area contributed by atoms with Gasteiger partial charge in [0.1, 0.15) is 17.4 Å². The largest absolute Gasteiger partial charge is 0.489 e. The SMILES string of the molecule is Cc1nc(SCC(=O)N2c3ccccc3OCC2c2ccccc2)c(C(N)=O)c(C)c1C. The van der Waals surface area contributed by atoms with Gasteiger partial charge in [-0.2, -0.15) is 0 Å². The van der Waals surface area contributed by atoms with Crippen molar-refractivity contribution in [3.8, 4) is 5.75 Å². The third-order valence-corrected chi connectivity index (χ3v) is 6.79. The van der Waals surface area contributed by atoms with Crippen LogP contribution in [0.5, 0.6) is 5.75 Å². The number of para-hydroxylation sites is 2. The highest BCUT2D eigenvalue weighted by atomic mass is 32.2. The number of nitrogens with zero attached hydrogens (tertiary/aromatic N) is 2. The lowest BCUT2D eigenvalue weighted by molar-refractivity contribution is -0.117. The fraction of sp³-hybridized carbons (Fsp3) is 0.240. The van der Waals surface area contributed by atoms with Crippen LogP contribution >= 0.6 is 11.8 Å². The number of anilines is 1. The Morgan fingerprint density at radius 2 is 1.75 bits per heavy atom. The van der Waals surface area contributed by atoms with Crippen molar-refractivity contribution in [1.82, 2.24) is 4.98 Å². The highest BCUT2D eigenvalue weighted by molar-refractivity contribution is 8.00. The molecule has 4 rings (SSSR count). The minimum Gasteiger partial charge on any atom is -0.489 e. The van der Waals surface area contributed by atoms with E-state index in [2.05, 4.69) is 4.98 Å². The summed E-state index contributed by atoms with van der Waals surface area (Å²) in [5.74, 6) is 0.169. The first kappa shape index (κ1) is 21.9. The number of carbonyl (C=O) groups excluding carboxylic acids is 2. The van der Waals surface area contributed by atoms with Gasteiger partial charge in [0.15, 0.2) is 0 Å². The molecule has 1 aliphatic heterocycles. The van der Waals surface area contributed by atoms with Gasteiger partial charge in [0.05, 0.1) is 23.0 Å². The molecule has 2 amide bonds. The van der Waals surface area contributed by atoms with E-state index in [0.717, 1.165) is 28.1 Å². The van der Waals surface area contributed by atoms with Crippen molar-refractivity contribution in [2.75, 3.05) is 17.3 Å². The molecule has 0 saturated carbocycles. The molecule has 32 heavy (non-hydrogen) atoms. The minimum absolute atomic E-state index is 0.0901. The van der Waals surface area contributed by atoms with E-state index in [9.17, 15) is 9.59 Å². The maximum Gasteiger partial charge on any atom is 0.251 e. The molecule has 0 spiro atoms. The molecular formula is C25H25N3O3S. The zero-order valence-electron chi connectivity index (χ0n) is 18.3. The van der Waals surface area contributed by atoms with Gasteiger partial charge in [0.2, 0.25) is 5.91 Å². The molecule has 0 aliphatic carbocycles. The molecule has 1 aliphatic rings. The Labute approximate surface area is 191 Å². The molecule has 164 valence electrons. The smallest absolute Gasteiger partial charge is 0.251 e. The fourth-order valence-corrected chi connectivity index (χ4v) is 4.92. The summed E-state index contributed by atoms with van der Waals surface area (Å²) in [6.45, 7) is 6.03. The molecule has 1 unspecified atom stereocenters. The fourth-order valence-electron chi connectivity index (χ4n) is 3.92. The van der Waals surface area contributed by atoms with Gasteiger partial charge >= 0.3 is 0 Å². The van der Waals surface area contributed by atoms with Gasteiger partial charge in [-0.05, 0) is 49.6 Å². The monoisotopic (exact) mass is 447 g/mol. The lowest BCUT2D eigenvalue weighted by Gasteiger charge is -2.37. The molecular weight excluding hydrogens is 422 g/mol. The van der Waals surface area contributed by atoms with Crippen molar-refractivity contribution < 1.29 is 14.3 Å². The number of aryl methyl sites for hydroxylation is 1. The number of fused-ring (bicyclic) bond motifs is 1. The Morgan fingerprint density at radius 3 is 2.47 bits per heavy atom. The van der Waals surface area contributed by atoms with E-state index in [1.807, 2.05) is 75.4 Å². The number of amides is 2. The number of carbonyl (C=O) groups is 2. The normalized spacial score (nSPS) is 15.1. The summed E-state index contributed by atoms with van der Waals surface area (Å²) >= 11 is 1.24. The molecule has 2 heterocycles. The number of thioether (sulfide) groups is 1. The lowest BCUT2D eigenvalue weighted by Crippen LogP contribution is -2.42. The summed E-state index contributed by atoms with van der Waals surface area (Å²) in [5.41, 5.74) is 10.3. The predicted molar refractivity (Wildman–Crippen MR) is 126 cm³/mol. The molecule has 7 heteroatoms. The van der Waals surface area contributed by atoms with Gasteiger partial charge in [-0.3, -0.25) is 14.5 Å². The summed E-state index contributed by atoms with van der Waals surface area (Å²) in [5, 5.41) is 0.490. The van der Waals surface area contributed by atoms with E-state index in [-0.39, 0.29) is 17.7 Å². The number of primary amides is 1. The van der Waals surface area contributed by atoms with Gasteiger partial charge in [-0.1, -0.05) is 54.2 Å². The minimum atomic E-state index is -0.535. The summed E-state index contributed by atoms with van der Waals surface area (Å²) in [4.78, 5) is 32.0. The number of hydrogen-bond donors (Lipinski definition) is 1. The average Bonchev–Trinajstić information content (AvgIpc) is 2.80. The predicted octanol–water partition coefficient (Wildman–Crippen LogP) is 4.36. The maximum absolute atomic E-state index is 13.5. The molecule has 3 aromatic rings. The number of ether oxygens (including phenoxy) is 1. The molecule has 0 saturated heterocycles. The lowest BCUT2D eigenvalue weighted by atomic mass is 10.0. The van der Waals surface area contributed by atoms with Crippen molar-refractivity contribution in [2.24, 2.45) is 5.73 Å². The number of hydrogen-bond acceptors (Lipinski definition) is 5. The first-order valence-corrected chi connectivity index (χ1v) is 11.4. The average molecular weight is 448 g/mol. The van der Waals surface area contributed by atoms with E-state index in [1.165, 1.54) is 11.8 Å². The summed E-state index contributed by atoms with van der Waals surface area (Å²) in [6, 6.07) is 17.1. The Bertz CT molecular complexity index is 1180. The maximum atomic E-state index is 13.5. The molecule has 2 N–H and O–H groups in total. The van der Waals surface area contributed by atoms with Crippen LogP contribution in [0.25, 0.3) is 0 Å². The van der Waals surface area contributed by atoms with Gasteiger partial charge in [0, 0.05) is 5.69 Å². The second kappa shape index (κ2) is 9.04. The Kier molecular flexibility index (Phi) is 6.19. The molecule has 0 radical (unpaired) electrons. The molecule has 2 aromatic carbocycles. The summed E-state index contributed by atoms with van der Waals surface area (Å²) < 4.78 is 5.95.